The number of rotatable bonds is 7. The summed E-state index contributed by atoms with van der Waals surface area (Å²) in [6.07, 6.45) is 3.69. The van der Waals surface area contributed by atoms with Gasteiger partial charge in [-0.15, -0.1) is 0 Å². The highest BCUT2D eigenvalue weighted by atomic mass is 15.1. The van der Waals surface area contributed by atoms with Crippen molar-refractivity contribution in [1.29, 1.82) is 0 Å². The predicted molar refractivity (Wildman–Crippen MR) is 82.5 cm³/mol. The van der Waals surface area contributed by atoms with Crippen LogP contribution in [0.5, 0.6) is 0 Å². The monoisotopic (exact) mass is 248 g/mol. The third-order valence-electron chi connectivity index (χ3n) is 3.61. The van der Waals surface area contributed by atoms with Crippen LogP contribution < -0.4 is 10.2 Å². The van der Waals surface area contributed by atoms with E-state index in [2.05, 4.69) is 69.3 Å². The maximum absolute atomic E-state index is 3.66. The second-order valence-electron chi connectivity index (χ2n) is 5.44. The fourth-order valence-corrected chi connectivity index (χ4v) is 2.09. The van der Waals surface area contributed by atoms with Crippen LogP contribution in [0.4, 0.5) is 11.4 Å². The molecule has 0 fully saturated rings. The zero-order valence-corrected chi connectivity index (χ0v) is 12.5. The lowest BCUT2D eigenvalue weighted by Crippen LogP contribution is -2.21. The molecule has 2 atom stereocenters. The summed E-state index contributed by atoms with van der Waals surface area (Å²) in [6, 6.07) is 9.22. The van der Waals surface area contributed by atoms with Gasteiger partial charge in [0.05, 0.1) is 0 Å². The molecular formula is C16H28N2. The standard InChI is InChI=1S/C16H28N2/c1-6-13(3)11-14(7-2)17-15-9-8-10-16(12-15)18(4)5/h8-10,12-14,17H,6-7,11H2,1-5H3. The number of hydrogen-bond acceptors (Lipinski definition) is 2. The summed E-state index contributed by atoms with van der Waals surface area (Å²) in [6.45, 7) is 6.86. The van der Waals surface area contributed by atoms with Crippen molar-refractivity contribution in [1.82, 2.24) is 0 Å². The van der Waals surface area contributed by atoms with Crippen LogP contribution in [0.2, 0.25) is 0 Å². The number of anilines is 2. The molecule has 1 rings (SSSR count). The molecule has 2 heteroatoms. The molecular weight excluding hydrogens is 220 g/mol. The molecule has 2 nitrogen and oxygen atoms in total. The first-order valence-corrected chi connectivity index (χ1v) is 7.10. The minimum Gasteiger partial charge on any atom is -0.382 e. The molecule has 0 aliphatic heterocycles. The van der Waals surface area contributed by atoms with Crippen LogP contribution in [0.25, 0.3) is 0 Å². The topological polar surface area (TPSA) is 15.3 Å². The molecule has 2 unspecified atom stereocenters. The Hall–Kier alpha value is -1.18. The maximum Gasteiger partial charge on any atom is 0.0381 e. The summed E-state index contributed by atoms with van der Waals surface area (Å²) < 4.78 is 0. The Morgan fingerprint density at radius 2 is 1.89 bits per heavy atom. The predicted octanol–water partition coefficient (Wildman–Crippen LogP) is 4.38. The molecule has 0 aromatic heterocycles. The molecule has 0 saturated carbocycles. The summed E-state index contributed by atoms with van der Waals surface area (Å²) in [5.41, 5.74) is 2.48. The van der Waals surface area contributed by atoms with E-state index in [0.29, 0.717) is 6.04 Å². The van der Waals surface area contributed by atoms with Crippen molar-refractivity contribution in [2.75, 3.05) is 24.3 Å². The highest BCUT2D eigenvalue weighted by Gasteiger charge is 2.10. The van der Waals surface area contributed by atoms with E-state index in [0.717, 1.165) is 5.92 Å². The molecule has 0 aliphatic carbocycles. The summed E-state index contributed by atoms with van der Waals surface area (Å²) in [5.74, 6) is 0.791. The molecule has 18 heavy (non-hydrogen) atoms. The Kier molecular flexibility index (Phi) is 6.03. The van der Waals surface area contributed by atoms with Crippen molar-refractivity contribution in [2.45, 2.75) is 46.1 Å². The van der Waals surface area contributed by atoms with Crippen molar-refractivity contribution in [3.8, 4) is 0 Å². The van der Waals surface area contributed by atoms with Gasteiger partial charge >= 0.3 is 0 Å². The van der Waals surface area contributed by atoms with Gasteiger partial charge in [0.15, 0.2) is 0 Å². The fourth-order valence-electron chi connectivity index (χ4n) is 2.09. The van der Waals surface area contributed by atoms with Crippen LogP contribution in [0, 0.1) is 5.92 Å². The van der Waals surface area contributed by atoms with Gasteiger partial charge in [0.1, 0.15) is 0 Å². The van der Waals surface area contributed by atoms with Gasteiger partial charge in [0.25, 0.3) is 0 Å². The van der Waals surface area contributed by atoms with Gasteiger partial charge in [0, 0.05) is 31.5 Å². The van der Waals surface area contributed by atoms with Crippen LogP contribution in [-0.4, -0.2) is 20.1 Å². The van der Waals surface area contributed by atoms with E-state index in [4.69, 9.17) is 0 Å². The Labute approximate surface area is 112 Å². The molecule has 0 bridgehead atoms. The summed E-state index contributed by atoms with van der Waals surface area (Å²) in [7, 11) is 4.16. The first-order valence-electron chi connectivity index (χ1n) is 7.10. The minimum atomic E-state index is 0.581. The molecule has 1 aromatic rings. The average molecular weight is 248 g/mol. The van der Waals surface area contributed by atoms with Gasteiger partial charge in [0.2, 0.25) is 0 Å². The Balaban J connectivity index is 2.66. The van der Waals surface area contributed by atoms with Gasteiger partial charge in [-0.1, -0.05) is 33.3 Å². The molecule has 0 aliphatic rings. The third kappa shape index (κ3) is 4.59. The van der Waals surface area contributed by atoms with Gasteiger partial charge in [-0.05, 0) is 37.0 Å². The van der Waals surface area contributed by atoms with Crippen molar-refractivity contribution >= 4 is 11.4 Å². The number of nitrogens with one attached hydrogen (secondary N) is 1. The first kappa shape index (κ1) is 14.9. The third-order valence-corrected chi connectivity index (χ3v) is 3.61. The molecule has 0 saturated heterocycles. The number of hydrogen-bond donors (Lipinski definition) is 1. The van der Waals surface area contributed by atoms with E-state index < -0.39 is 0 Å². The van der Waals surface area contributed by atoms with Crippen molar-refractivity contribution in [3.05, 3.63) is 24.3 Å². The molecule has 0 spiro atoms. The van der Waals surface area contributed by atoms with Crippen LogP contribution in [0.3, 0.4) is 0 Å². The largest absolute Gasteiger partial charge is 0.382 e. The average Bonchev–Trinajstić information content (AvgIpc) is 2.38. The van der Waals surface area contributed by atoms with E-state index in [-0.39, 0.29) is 0 Å². The Bertz CT molecular complexity index is 347. The van der Waals surface area contributed by atoms with Crippen molar-refractivity contribution in [3.63, 3.8) is 0 Å². The van der Waals surface area contributed by atoms with E-state index in [1.165, 1.54) is 30.6 Å². The van der Waals surface area contributed by atoms with E-state index in [1.807, 2.05) is 0 Å². The van der Waals surface area contributed by atoms with Gasteiger partial charge in [-0.3, -0.25) is 0 Å². The molecule has 0 heterocycles. The highest BCUT2D eigenvalue weighted by molar-refractivity contribution is 5.57. The van der Waals surface area contributed by atoms with Crippen LogP contribution in [0.15, 0.2) is 24.3 Å². The highest BCUT2D eigenvalue weighted by Crippen LogP contribution is 2.21. The summed E-state index contributed by atoms with van der Waals surface area (Å²) in [4.78, 5) is 2.14. The van der Waals surface area contributed by atoms with Crippen molar-refractivity contribution in [2.24, 2.45) is 5.92 Å². The Morgan fingerprint density at radius 3 is 2.44 bits per heavy atom. The Morgan fingerprint density at radius 1 is 1.17 bits per heavy atom. The molecule has 0 amide bonds. The second kappa shape index (κ2) is 7.30. The molecule has 1 aromatic carbocycles. The van der Waals surface area contributed by atoms with E-state index in [1.54, 1.807) is 0 Å². The lowest BCUT2D eigenvalue weighted by atomic mass is 9.97. The quantitative estimate of drug-likeness (QED) is 0.770. The summed E-state index contributed by atoms with van der Waals surface area (Å²) >= 11 is 0. The number of nitrogens with zero attached hydrogens (tertiary/aromatic N) is 1. The molecule has 102 valence electrons. The molecule has 0 radical (unpaired) electrons. The second-order valence-corrected chi connectivity index (χ2v) is 5.44. The maximum atomic E-state index is 3.66. The van der Waals surface area contributed by atoms with Crippen molar-refractivity contribution < 1.29 is 0 Å². The van der Waals surface area contributed by atoms with Gasteiger partial charge in [-0.2, -0.15) is 0 Å². The van der Waals surface area contributed by atoms with Crippen LogP contribution in [0.1, 0.15) is 40.0 Å². The van der Waals surface area contributed by atoms with E-state index in [9.17, 15) is 0 Å². The lowest BCUT2D eigenvalue weighted by molar-refractivity contribution is 0.462. The number of benzene rings is 1. The minimum absolute atomic E-state index is 0.581. The SMILES string of the molecule is CCC(C)CC(CC)Nc1cccc(N(C)C)c1. The van der Waals surface area contributed by atoms with E-state index >= 15 is 0 Å². The van der Waals surface area contributed by atoms with Gasteiger partial charge in [-0.25, -0.2) is 0 Å². The summed E-state index contributed by atoms with van der Waals surface area (Å²) in [5, 5.41) is 3.66. The normalized spacial score (nSPS) is 14.1. The molecule has 1 N–H and O–H groups in total. The van der Waals surface area contributed by atoms with Crippen LogP contribution in [-0.2, 0) is 0 Å². The van der Waals surface area contributed by atoms with Crippen LogP contribution >= 0.6 is 0 Å². The zero-order valence-electron chi connectivity index (χ0n) is 12.5. The zero-order chi connectivity index (χ0) is 13.5. The lowest BCUT2D eigenvalue weighted by Gasteiger charge is -2.22. The fraction of sp³-hybridized carbons (Fsp3) is 0.625. The van der Waals surface area contributed by atoms with Gasteiger partial charge < -0.3 is 10.2 Å². The first-order chi connectivity index (χ1) is 8.56. The smallest absolute Gasteiger partial charge is 0.0381 e.